The molecule has 1 saturated heterocycles. The molecule has 116 valence electrons. The molecule has 0 radical (unpaired) electrons. The van der Waals surface area contributed by atoms with Crippen LogP contribution in [0.25, 0.3) is 0 Å². The van der Waals surface area contributed by atoms with Crippen LogP contribution >= 0.6 is 11.5 Å². The fraction of sp³-hybridized carbons (Fsp3) is 0.571. The standard InChI is InChI=1S/C14H18N6OS/c1-18(14-16-13(17-22-14)9-3-4-9)11-7-20(8-11)10-5-12(21)19(2)15-6-10/h5-6,9,11H,3-4,7-8H2,1-2H3. The Balaban J connectivity index is 1.41. The summed E-state index contributed by atoms with van der Waals surface area (Å²) in [6.45, 7) is 1.76. The first-order chi connectivity index (χ1) is 10.6. The van der Waals surface area contributed by atoms with E-state index in [1.54, 1.807) is 19.3 Å². The monoisotopic (exact) mass is 318 g/mol. The third-order valence-corrected chi connectivity index (χ3v) is 5.22. The van der Waals surface area contributed by atoms with Crippen LogP contribution in [0.3, 0.4) is 0 Å². The maximum atomic E-state index is 11.6. The van der Waals surface area contributed by atoms with E-state index in [0.717, 1.165) is 29.7 Å². The molecule has 22 heavy (non-hydrogen) atoms. The number of aromatic nitrogens is 4. The van der Waals surface area contributed by atoms with E-state index in [-0.39, 0.29) is 5.56 Å². The molecule has 0 spiro atoms. The normalized spacial score (nSPS) is 18.4. The summed E-state index contributed by atoms with van der Waals surface area (Å²) in [5.41, 5.74) is 0.816. The van der Waals surface area contributed by atoms with Crippen LogP contribution in [0, 0.1) is 0 Å². The van der Waals surface area contributed by atoms with Crippen molar-refractivity contribution in [3.05, 3.63) is 28.4 Å². The fourth-order valence-electron chi connectivity index (χ4n) is 2.58. The lowest BCUT2D eigenvalue weighted by Crippen LogP contribution is -2.59. The van der Waals surface area contributed by atoms with Gasteiger partial charge in [-0.2, -0.15) is 9.47 Å². The Kier molecular flexibility index (Phi) is 3.14. The van der Waals surface area contributed by atoms with Crippen molar-refractivity contribution in [1.29, 1.82) is 0 Å². The molecular formula is C14H18N6OS. The van der Waals surface area contributed by atoms with Crippen molar-refractivity contribution in [2.24, 2.45) is 7.05 Å². The van der Waals surface area contributed by atoms with Gasteiger partial charge in [-0.05, 0) is 12.8 Å². The molecule has 7 nitrogen and oxygen atoms in total. The van der Waals surface area contributed by atoms with Gasteiger partial charge in [0.2, 0.25) is 5.13 Å². The van der Waals surface area contributed by atoms with E-state index < -0.39 is 0 Å². The molecule has 2 fully saturated rings. The van der Waals surface area contributed by atoms with Gasteiger partial charge in [-0.3, -0.25) is 4.79 Å². The zero-order chi connectivity index (χ0) is 15.3. The highest BCUT2D eigenvalue weighted by molar-refractivity contribution is 7.09. The topological polar surface area (TPSA) is 67.2 Å². The Labute approximate surface area is 132 Å². The van der Waals surface area contributed by atoms with Gasteiger partial charge >= 0.3 is 0 Å². The van der Waals surface area contributed by atoms with Crippen LogP contribution in [0.4, 0.5) is 10.8 Å². The predicted molar refractivity (Wildman–Crippen MR) is 85.8 cm³/mol. The van der Waals surface area contributed by atoms with Crippen molar-refractivity contribution >= 4 is 22.4 Å². The second-order valence-corrected chi connectivity index (χ2v) is 6.79. The highest BCUT2D eigenvalue weighted by atomic mass is 32.1. The molecule has 1 aliphatic carbocycles. The van der Waals surface area contributed by atoms with Crippen LogP contribution in [0.2, 0.25) is 0 Å². The van der Waals surface area contributed by atoms with E-state index in [2.05, 4.69) is 31.3 Å². The number of likely N-dealkylation sites (N-methyl/N-ethyl adjacent to an activating group) is 1. The van der Waals surface area contributed by atoms with Crippen LogP contribution in [0.5, 0.6) is 0 Å². The van der Waals surface area contributed by atoms with Gasteiger partial charge < -0.3 is 9.80 Å². The molecule has 8 heteroatoms. The second-order valence-electron chi connectivity index (χ2n) is 6.05. The number of hydrogen-bond acceptors (Lipinski definition) is 7. The van der Waals surface area contributed by atoms with Gasteiger partial charge in [0.25, 0.3) is 5.56 Å². The van der Waals surface area contributed by atoms with E-state index in [9.17, 15) is 4.79 Å². The van der Waals surface area contributed by atoms with Gasteiger partial charge in [0.05, 0.1) is 17.9 Å². The SMILES string of the molecule is CN(c1nc(C2CC2)ns1)C1CN(c2cnn(C)c(=O)c2)C1. The van der Waals surface area contributed by atoms with Gasteiger partial charge in [-0.15, -0.1) is 0 Å². The summed E-state index contributed by atoms with van der Waals surface area (Å²) in [6, 6.07) is 2.04. The number of hydrogen-bond donors (Lipinski definition) is 0. The van der Waals surface area contributed by atoms with E-state index >= 15 is 0 Å². The molecule has 0 amide bonds. The molecule has 2 aromatic heterocycles. The largest absolute Gasteiger partial charge is 0.366 e. The molecule has 0 unspecified atom stereocenters. The third-order valence-electron chi connectivity index (χ3n) is 4.40. The van der Waals surface area contributed by atoms with Gasteiger partial charge in [0, 0.05) is 50.7 Å². The van der Waals surface area contributed by atoms with E-state index in [1.165, 1.54) is 29.1 Å². The van der Waals surface area contributed by atoms with Crippen LogP contribution in [0.15, 0.2) is 17.1 Å². The summed E-state index contributed by atoms with van der Waals surface area (Å²) in [5.74, 6) is 1.61. The minimum Gasteiger partial charge on any atom is -0.366 e. The first-order valence-electron chi connectivity index (χ1n) is 7.46. The van der Waals surface area contributed by atoms with Crippen molar-refractivity contribution in [3.63, 3.8) is 0 Å². The second kappa shape index (κ2) is 5.05. The van der Waals surface area contributed by atoms with E-state index in [4.69, 9.17) is 0 Å². The van der Waals surface area contributed by atoms with Crippen LogP contribution < -0.4 is 15.4 Å². The maximum Gasteiger partial charge on any atom is 0.268 e. The van der Waals surface area contributed by atoms with Crippen molar-refractivity contribution in [2.75, 3.05) is 29.9 Å². The lowest BCUT2D eigenvalue weighted by Gasteiger charge is -2.44. The highest BCUT2D eigenvalue weighted by Crippen LogP contribution is 2.40. The molecule has 2 aliphatic rings. The number of nitrogens with zero attached hydrogens (tertiary/aromatic N) is 6. The minimum atomic E-state index is -0.0764. The lowest BCUT2D eigenvalue weighted by atomic mass is 10.1. The summed E-state index contributed by atoms with van der Waals surface area (Å²) in [7, 11) is 3.73. The minimum absolute atomic E-state index is 0.0764. The molecule has 1 aliphatic heterocycles. The number of rotatable bonds is 4. The Morgan fingerprint density at radius 2 is 2.14 bits per heavy atom. The summed E-state index contributed by atoms with van der Waals surface area (Å²) < 4.78 is 5.80. The average Bonchev–Trinajstić information content (AvgIpc) is 3.18. The van der Waals surface area contributed by atoms with Gasteiger partial charge in [0.1, 0.15) is 5.82 Å². The van der Waals surface area contributed by atoms with Crippen molar-refractivity contribution in [3.8, 4) is 0 Å². The molecule has 4 rings (SSSR count). The fourth-order valence-corrected chi connectivity index (χ4v) is 3.35. The Bertz CT molecular complexity index is 746. The molecule has 0 N–H and O–H groups in total. The van der Waals surface area contributed by atoms with Crippen molar-refractivity contribution < 1.29 is 0 Å². The maximum absolute atomic E-state index is 11.6. The molecular weight excluding hydrogens is 300 g/mol. The Hall–Kier alpha value is -1.96. The average molecular weight is 318 g/mol. The summed E-state index contributed by atoms with van der Waals surface area (Å²) in [5, 5.41) is 5.06. The molecule has 2 aromatic rings. The van der Waals surface area contributed by atoms with Crippen LogP contribution in [-0.2, 0) is 7.05 Å². The lowest BCUT2D eigenvalue weighted by molar-refractivity contribution is 0.493. The zero-order valence-electron chi connectivity index (χ0n) is 12.6. The molecule has 0 bridgehead atoms. The van der Waals surface area contributed by atoms with Crippen molar-refractivity contribution in [2.45, 2.75) is 24.8 Å². The zero-order valence-corrected chi connectivity index (χ0v) is 13.5. The number of anilines is 2. The number of aryl methyl sites for hydroxylation is 1. The summed E-state index contributed by atoms with van der Waals surface area (Å²) >= 11 is 1.49. The summed E-state index contributed by atoms with van der Waals surface area (Å²) in [6.07, 6.45) is 4.20. The van der Waals surface area contributed by atoms with E-state index in [0.29, 0.717) is 12.0 Å². The van der Waals surface area contributed by atoms with Gasteiger partial charge in [-0.25, -0.2) is 9.67 Å². The first-order valence-corrected chi connectivity index (χ1v) is 8.24. The quantitative estimate of drug-likeness (QED) is 0.832. The molecule has 1 saturated carbocycles. The molecule has 3 heterocycles. The van der Waals surface area contributed by atoms with Crippen LogP contribution in [-0.4, -0.2) is 45.3 Å². The van der Waals surface area contributed by atoms with Gasteiger partial charge in [-0.1, -0.05) is 0 Å². The Morgan fingerprint density at radius 3 is 2.82 bits per heavy atom. The highest BCUT2D eigenvalue weighted by Gasteiger charge is 2.33. The van der Waals surface area contributed by atoms with Crippen molar-refractivity contribution in [1.82, 2.24) is 19.1 Å². The smallest absolute Gasteiger partial charge is 0.268 e. The van der Waals surface area contributed by atoms with Crippen LogP contribution in [0.1, 0.15) is 24.6 Å². The third kappa shape index (κ3) is 2.37. The van der Waals surface area contributed by atoms with Gasteiger partial charge in [0.15, 0.2) is 0 Å². The van der Waals surface area contributed by atoms with E-state index in [1.807, 2.05) is 0 Å². The summed E-state index contributed by atoms with van der Waals surface area (Å²) in [4.78, 5) is 20.7. The first kappa shape index (κ1) is 13.7. The predicted octanol–water partition coefficient (Wildman–Crippen LogP) is 0.834. The molecule has 0 atom stereocenters. The Morgan fingerprint density at radius 1 is 1.36 bits per heavy atom. The molecule has 0 aromatic carbocycles.